The number of rotatable bonds is 5. The van der Waals surface area contributed by atoms with Gasteiger partial charge in [-0.3, -0.25) is 0 Å². The molecule has 1 fully saturated rings. The third-order valence-corrected chi connectivity index (χ3v) is 7.34. The first kappa shape index (κ1) is 23.4. The molecule has 0 saturated heterocycles. The smallest absolute Gasteiger partial charge is 0.392 e. The fraction of sp³-hybridized carbons (Fsp3) is 0.682. The molecule has 1 unspecified atom stereocenters. The fourth-order valence-electron chi connectivity index (χ4n) is 4.20. The van der Waals surface area contributed by atoms with Crippen molar-refractivity contribution in [3.05, 3.63) is 29.3 Å². The SMILES string of the molecule is CO[C@H]1CC[C@]2(CC1)Cc1ccc(OCCC(F)(F)F)cc1C2=N[S+]([O-])C(C)(C)C. The van der Waals surface area contributed by atoms with Gasteiger partial charge in [0.25, 0.3) is 0 Å². The lowest BCUT2D eigenvalue weighted by Crippen LogP contribution is -2.37. The van der Waals surface area contributed by atoms with Crippen molar-refractivity contribution in [2.24, 2.45) is 9.81 Å². The molecule has 2 aliphatic carbocycles. The standard InChI is InChI=1S/C22H30F3NO3S/c1-20(2,3)30(27)26-19-18-13-17(29-12-11-22(23,24)25)6-5-15(18)14-21(19)9-7-16(28-4)8-10-21/h5-6,13,16H,7-12,14H2,1-4H3/t16-,21-,30?. The van der Waals surface area contributed by atoms with Gasteiger partial charge < -0.3 is 14.0 Å². The Morgan fingerprint density at radius 1 is 1.20 bits per heavy atom. The van der Waals surface area contributed by atoms with Crippen molar-refractivity contribution in [3.63, 3.8) is 0 Å². The Hall–Kier alpha value is -1.25. The summed E-state index contributed by atoms with van der Waals surface area (Å²) in [6.07, 6.45) is -0.675. The maximum Gasteiger partial charge on any atom is 0.392 e. The van der Waals surface area contributed by atoms with E-state index in [9.17, 15) is 17.7 Å². The van der Waals surface area contributed by atoms with Gasteiger partial charge in [0.15, 0.2) is 0 Å². The molecule has 0 aromatic heterocycles. The Kier molecular flexibility index (Phi) is 6.80. The number of ether oxygens (including phenoxy) is 2. The first-order valence-corrected chi connectivity index (χ1v) is 11.4. The van der Waals surface area contributed by atoms with E-state index in [1.165, 1.54) is 0 Å². The predicted octanol–water partition coefficient (Wildman–Crippen LogP) is 5.40. The summed E-state index contributed by atoms with van der Waals surface area (Å²) in [4.78, 5) is 0. The van der Waals surface area contributed by atoms with Crippen LogP contribution in [0.2, 0.25) is 0 Å². The molecule has 0 radical (unpaired) electrons. The van der Waals surface area contributed by atoms with Crippen LogP contribution in [0.3, 0.4) is 0 Å². The van der Waals surface area contributed by atoms with Gasteiger partial charge in [-0.1, -0.05) is 10.5 Å². The van der Waals surface area contributed by atoms with Crippen molar-refractivity contribution in [2.75, 3.05) is 13.7 Å². The quantitative estimate of drug-likeness (QED) is 0.570. The van der Waals surface area contributed by atoms with E-state index in [-0.39, 0.29) is 11.5 Å². The van der Waals surface area contributed by atoms with Crippen LogP contribution in [0.4, 0.5) is 13.2 Å². The predicted molar refractivity (Wildman–Crippen MR) is 112 cm³/mol. The van der Waals surface area contributed by atoms with Gasteiger partial charge in [-0.25, -0.2) is 0 Å². The molecule has 1 saturated carbocycles. The summed E-state index contributed by atoms with van der Waals surface area (Å²) in [5.41, 5.74) is 2.54. The second-order valence-electron chi connectivity index (χ2n) is 9.23. The Bertz CT molecular complexity index is 781. The second-order valence-corrected chi connectivity index (χ2v) is 11.1. The van der Waals surface area contributed by atoms with Crippen LogP contribution < -0.4 is 4.74 Å². The normalized spacial score (nSPS) is 26.8. The van der Waals surface area contributed by atoms with Crippen molar-refractivity contribution < 1.29 is 27.2 Å². The number of hydrogen-bond acceptors (Lipinski definition) is 4. The fourth-order valence-corrected chi connectivity index (χ4v) is 4.93. The minimum absolute atomic E-state index is 0.205. The van der Waals surface area contributed by atoms with Crippen LogP contribution in [-0.2, 0) is 22.5 Å². The van der Waals surface area contributed by atoms with Gasteiger partial charge in [0.2, 0.25) is 0 Å². The molecule has 8 heteroatoms. The van der Waals surface area contributed by atoms with Gasteiger partial charge in [-0.05, 0) is 70.6 Å². The highest BCUT2D eigenvalue weighted by atomic mass is 32.2. The summed E-state index contributed by atoms with van der Waals surface area (Å²) in [6.45, 7) is 5.22. The van der Waals surface area contributed by atoms with Crippen molar-refractivity contribution in [1.82, 2.24) is 0 Å². The molecular formula is C22H30F3NO3S. The Balaban J connectivity index is 1.91. The van der Waals surface area contributed by atoms with Gasteiger partial charge in [-0.2, -0.15) is 13.2 Å². The molecule has 4 nitrogen and oxygen atoms in total. The van der Waals surface area contributed by atoms with Crippen molar-refractivity contribution in [1.29, 1.82) is 0 Å². The summed E-state index contributed by atoms with van der Waals surface area (Å²) in [5.74, 6) is 0.384. The van der Waals surface area contributed by atoms with E-state index < -0.39 is 35.3 Å². The Morgan fingerprint density at radius 2 is 1.87 bits per heavy atom. The Morgan fingerprint density at radius 3 is 2.43 bits per heavy atom. The average Bonchev–Trinajstić information content (AvgIpc) is 2.93. The van der Waals surface area contributed by atoms with E-state index in [1.54, 1.807) is 19.2 Å². The highest BCUT2D eigenvalue weighted by molar-refractivity contribution is 7.91. The molecule has 1 aromatic carbocycles. The molecule has 0 bridgehead atoms. The molecule has 3 rings (SSSR count). The van der Waals surface area contributed by atoms with Gasteiger partial charge in [0.05, 0.1) is 19.1 Å². The van der Waals surface area contributed by atoms with Crippen LogP contribution >= 0.6 is 0 Å². The zero-order chi connectivity index (χ0) is 22.2. The lowest BCUT2D eigenvalue weighted by Gasteiger charge is -2.37. The third kappa shape index (κ3) is 5.32. The van der Waals surface area contributed by atoms with E-state index in [0.717, 1.165) is 48.9 Å². The van der Waals surface area contributed by atoms with Crippen LogP contribution in [0.1, 0.15) is 64.0 Å². The van der Waals surface area contributed by atoms with Crippen molar-refractivity contribution in [3.8, 4) is 5.75 Å². The van der Waals surface area contributed by atoms with E-state index in [1.807, 2.05) is 26.8 Å². The largest absolute Gasteiger partial charge is 0.591 e. The molecule has 1 aromatic rings. The van der Waals surface area contributed by atoms with E-state index in [4.69, 9.17) is 9.47 Å². The molecule has 2 aliphatic rings. The Labute approximate surface area is 179 Å². The summed E-state index contributed by atoms with van der Waals surface area (Å²) in [6, 6.07) is 5.39. The molecule has 1 atom stereocenters. The molecule has 0 aliphatic heterocycles. The zero-order valence-electron chi connectivity index (χ0n) is 18.0. The summed E-state index contributed by atoms with van der Waals surface area (Å²) in [5, 5.41) is 0. The van der Waals surface area contributed by atoms with Crippen molar-refractivity contribution >= 4 is 17.1 Å². The van der Waals surface area contributed by atoms with Crippen LogP contribution in [0.5, 0.6) is 5.75 Å². The average molecular weight is 446 g/mol. The highest BCUT2D eigenvalue weighted by Crippen LogP contribution is 2.49. The lowest BCUT2D eigenvalue weighted by molar-refractivity contribution is -0.139. The van der Waals surface area contributed by atoms with Gasteiger partial charge in [0.1, 0.15) is 27.6 Å². The van der Waals surface area contributed by atoms with Gasteiger partial charge in [-0.15, -0.1) is 0 Å². The van der Waals surface area contributed by atoms with E-state index >= 15 is 0 Å². The van der Waals surface area contributed by atoms with E-state index in [0.29, 0.717) is 5.75 Å². The highest BCUT2D eigenvalue weighted by Gasteiger charge is 2.48. The van der Waals surface area contributed by atoms with Crippen LogP contribution in [-0.4, -0.2) is 41.0 Å². The number of fused-ring (bicyclic) bond motifs is 1. The summed E-state index contributed by atoms with van der Waals surface area (Å²) >= 11 is -1.43. The van der Waals surface area contributed by atoms with Crippen LogP contribution in [0, 0.1) is 5.41 Å². The minimum atomic E-state index is -4.25. The van der Waals surface area contributed by atoms with Gasteiger partial charge >= 0.3 is 6.18 Å². The van der Waals surface area contributed by atoms with E-state index in [2.05, 4.69) is 4.40 Å². The molecule has 30 heavy (non-hydrogen) atoms. The monoisotopic (exact) mass is 445 g/mol. The molecule has 0 amide bonds. The molecular weight excluding hydrogens is 415 g/mol. The maximum atomic E-state index is 12.9. The van der Waals surface area contributed by atoms with Crippen LogP contribution in [0.25, 0.3) is 0 Å². The number of hydrogen-bond donors (Lipinski definition) is 0. The molecule has 0 N–H and O–H groups in total. The molecule has 0 heterocycles. The maximum absolute atomic E-state index is 12.9. The first-order valence-electron chi connectivity index (χ1n) is 10.3. The van der Waals surface area contributed by atoms with Crippen LogP contribution in [0.15, 0.2) is 22.6 Å². The number of methoxy groups -OCH3 is 1. The molecule has 168 valence electrons. The number of alkyl halides is 3. The second kappa shape index (κ2) is 8.71. The molecule has 1 spiro atoms. The zero-order valence-corrected chi connectivity index (χ0v) is 18.8. The third-order valence-electron chi connectivity index (χ3n) is 5.94. The summed E-state index contributed by atoms with van der Waals surface area (Å²) in [7, 11) is 1.72. The topological polar surface area (TPSA) is 53.9 Å². The number of benzene rings is 1. The first-order chi connectivity index (χ1) is 13.9. The lowest BCUT2D eigenvalue weighted by atomic mass is 9.70. The van der Waals surface area contributed by atoms with Gasteiger partial charge in [0, 0.05) is 18.1 Å². The van der Waals surface area contributed by atoms with Crippen molar-refractivity contribution in [2.45, 2.75) is 76.3 Å². The number of halogens is 3. The minimum Gasteiger partial charge on any atom is -0.591 e. The summed E-state index contributed by atoms with van der Waals surface area (Å²) < 4.78 is 65.3. The number of nitrogens with zero attached hydrogens (tertiary/aromatic N) is 1.